The molecule has 2 aromatic heterocycles. The second kappa shape index (κ2) is 4.38. The van der Waals surface area contributed by atoms with Crippen molar-refractivity contribution in [2.24, 2.45) is 7.05 Å². The fourth-order valence-corrected chi connectivity index (χ4v) is 3.52. The first kappa shape index (κ1) is 12.2. The number of thiophene rings is 1. The van der Waals surface area contributed by atoms with Gasteiger partial charge in [-0.1, -0.05) is 0 Å². The van der Waals surface area contributed by atoms with E-state index in [1.807, 2.05) is 4.90 Å². The predicted octanol–water partition coefficient (Wildman–Crippen LogP) is 1.82. The van der Waals surface area contributed by atoms with Gasteiger partial charge >= 0.3 is 0 Å². The number of rotatable bonds is 1. The molecule has 2 N–H and O–H groups in total. The van der Waals surface area contributed by atoms with Crippen molar-refractivity contribution in [3.63, 3.8) is 0 Å². The molecule has 0 aliphatic carbocycles. The zero-order valence-electron chi connectivity index (χ0n) is 11.0. The third kappa shape index (κ3) is 1.83. The van der Waals surface area contributed by atoms with Gasteiger partial charge < -0.3 is 10.6 Å². The molecule has 0 bridgehead atoms. The van der Waals surface area contributed by atoms with Crippen molar-refractivity contribution >= 4 is 23.1 Å². The molecule has 19 heavy (non-hydrogen) atoms. The Kier molecular flexibility index (Phi) is 2.82. The third-order valence-corrected chi connectivity index (χ3v) is 4.75. The fourth-order valence-electron chi connectivity index (χ4n) is 2.55. The molecule has 1 atom stereocenters. The Morgan fingerprint density at radius 2 is 2.37 bits per heavy atom. The molecule has 6 heteroatoms. The highest BCUT2D eigenvalue weighted by molar-refractivity contribution is 7.10. The van der Waals surface area contributed by atoms with Crippen LogP contribution in [0.4, 0.5) is 5.82 Å². The Bertz CT molecular complexity index is 630. The van der Waals surface area contributed by atoms with E-state index < -0.39 is 0 Å². The summed E-state index contributed by atoms with van der Waals surface area (Å²) in [6, 6.07) is 2.21. The van der Waals surface area contributed by atoms with Crippen molar-refractivity contribution in [3.8, 4) is 0 Å². The van der Waals surface area contributed by atoms with Crippen LogP contribution in [0.1, 0.15) is 33.8 Å². The summed E-state index contributed by atoms with van der Waals surface area (Å²) in [6.07, 6.45) is 2.47. The minimum Gasteiger partial charge on any atom is -0.383 e. The Hall–Kier alpha value is -1.82. The molecule has 0 radical (unpaired) electrons. The molecule has 1 amide bonds. The highest BCUT2D eigenvalue weighted by Crippen LogP contribution is 2.34. The number of fused-ring (bicyclic) bond motifs is 1. The van der Waals surface area contributed by atoms with Crippen molar-refractivity contribution < 1.29 is 4.79 Å². The molecule has 0 spiro atoms. The molecule has 0 fully saturated rings. The molecule has 5 nitrogen and oxygen atoms in total. The zero-order chi connectivity index (χ0) is 13.6. The second-order valence-electron chi connectivity index (χ2n) is 4.79. The standard InChI is InChI=1S/C13H16N4OS/c1-8-9-4-6-19-11(9)3-5-17(8)13(18)10-7-15-16(2)12(10)14/h4,6-8H,3,5,14H2,1-2H3. The molecular formula is C13H16N4OS. The quantitative estimate of drug-likeness (QED) is 0.864. The van der Waals surface area contributed by atoms with Crippen LogP contribution in [0.5, 0.6) is 0 Å². The summed E-state index contributed by atoms with van der Waals surface area (Å²) in [5.74, 6) is 0.392. The SMILES string of the molecule is CC1c2ccsc2CCN1C(=O)c1cnn(C)c1N. The van der Waals surface area contributed by atoms with E-state index in [9.17, 15) is 4.79 Å². The first-order valence-corrected chi connectivity index (χ1v) is 7.12. The number of nitrogens with zero attached hydrogens (tertiary/aromatic N) is 3. The largest absolute Gasteiger partial charge is 0.383 e. The molecule has 1 unspecified atom stereocenters. The Morgan fingerprint density at radius 1 is 1.58 bits per heavy atom. The van der Waals surface area contributed by atoms with Gasteiger partial charge in [-0.25, -0.2) is 0 Å². The van der Waals surface area contributed by atoms with Gasteiger partial charge in [-0.15, -0.1) is 11.3 Å². The van der Waals surface area contributed by atoms with E-state index in [0.717, 1.165) is 13.0 Å². The Labute approximate surface area is 115 Å². The van der Waals surface area contributed by atoms with Crippen molar-refractivity contribution in [2.75, 3.05) is 12.3 Å². The average Bonchev–Trinajstić information content (AvgIpc) is 2.98. The van der Waals surface area contributed by atoms with Gasteiger partial charge in [0.05, 0.1) is 12.2 Å². The number of hydrogen-bond donors (Lipinski definition) is 1. The fraction of sp³-hybridized carbons (Fsp3) is 0.385. The summed E-state index contributed by atoms with van der Waals surface area (Å²) in [6.45, 7) is 2.80. The van der Waals surface area contributed by atoms with Crippen LogP contribution in [0.2, 0.25) is 0 Å². The van der Waals surface area contributed by atoms with Gasteiger partial charge in [0.2, 0.25) is 0 Å². The summed E-state index contributed by atoms with van der Waals surface area (Å²) in [5.41, 5.74) is 7.64. The zero-order valence-corrected chi connectivity index (χ0v) is 11.8. The lowest BCUT2D eigenvalue weighted by molar-refractivity contribution is 0.0680. The normalized spacial score (nSPS) is 18.4. The van der Waals surface area contributed by atoms with Crippen molar-refractivity contribution in [1.82, 2.24) is 14.7 Å². The first-order chi connectivity index (χ1) is 9.09. The lowest BCUT2D eigenvalue weighted by Crippen LogP contribution is -2.38. The molecule has 100 valence electrons. The number of nitrogens with two attached hydrogens (primary N) is 1. The lowest BCUT2D eigenvalue weighted by atomic mass is 10.0. The summed E-state index contributed by atoms with van der Waals surface area (Å²) in [7, 11) is 1.74. The number of nitrogen functional groups attached to an aromatic ring is 1. The summed E-state index contributed by atoms with van der Waals surface area (Å²) >= 11 is 1.77. The highest BCUT2D eigenvalue weighted by atomic mass is 32.1. The van der Waals surface area contributed by atoms with Crippen LogP contribution in [0, 0.1) is 0 Å². The van der Waals surface area contributed by atoms with Crippen LogP contribution in [-0.4, -0.2) is 27.1 Å². The highest BCUT2D eigenvalue weighted by Gasteiger charge is 2.30. The van der Waals surface area contributed by atoms with E-state index in [0.29, 0.717) is 11.4 Å². The number of aryl methyl sites for hydroxylation is 1. The number of carbonyl (C=O) groups excluding carboxylic acids is 1. The van der Waals surface area contributed by atoms with Gasteiger partial charge in [0.1, 0.15) is 11.4 Å². The summed E-state index contributed by atoms with van der Waals surface area (Å²) < 4.78 is 1.53. The number of carbonyl (C=O) groups is 1. The molecule has 0 aromatic carbocycles. The number of hydrogen-bond acceptors (Lipinski definition) is 4. The van der Waals surface area contributed by atoms with Crippen LogP contribution >= 0.6 is 11.3 Å². The van der Waals surface area contributed by atoms with Crippen LogP contribution in [0.25, 0.3) is 0 Å². The van der Waals surface area contributed by atoms with Crippen LogP contribution in [-0.2, 0) is 13.5 Å². The van der Waals surface area contributed by atoms with E-state index in [1.54, 1.807) is 24.6 Å². The molecule has 0 saturated carbocycles. The predicted molar refractivity (Wildman–Crippen MR) is 75.1 cm³/mol. The monoisotopic (exact) mass is 276 g/mol. The molecule has 1 aliphatic heterocycles. The van der Waals surface area contributed by atoms with E-state index >= 15 is 0 Å². The van der Waals surface area contributed by atoms with Crippen molar-refractivity contribution in [1.29, 1.82) is 0 Å². The smallest absolute Gasteiger partial charge is 0.259 e. The van der Waals surface area contributed by atoms with E-state index in [4.69, 9.17) is 5.73 Å². The van der Waals surface area contributed by atoms with Gasteiger partial charge in [-0.05, 0) is 30.4 Å². The maximum atomic E-state index is 12.6. The van der Waals surface area contributed by atoms with Gasteiger partial charge in [0.15, 0.2) is 0 Å². The van der Waals surface area contributed by atoms with Crippen LogP contribution in [0.15, 0.2) is 17.6 Å². The molecule has 1 aliphatic rings. The minimum absolute atomic E-state index is 0.0325. The topological polar surface area (TPSA) is 64.2 Å². The minimum atomic E-state index is -0.0325. The van der Waals surface area contributed by atoms with Gasteiger partial charge in [0, 0.05) is 18.5 Å². The lowest BCUT2D eigenvalue weighted by Gasteiger charge is -2.33. The van der Waals surface area contributed by atoms with Crippen molar-refractivity contribution in [3.05, 3.63) is 33.6 Å². The third-order valence-electron chi connectivity index (χ3n) is 3.75. The molecule has 3 rings (SSSR count). The molecule has 2 aromatic rings. The maximum absolute atomic E-state index is 12.6. The Morgan fingerprint density at radius 3 is 3.05 bits per heavy atom. The number of amides is 1. The van der Waals surface area contributed by atoms with Gasteiger partial charge in [-0.2, -0.15) is 5.10 Å². The van der Waals surface area contributed by atoms with E-state index in [1.165, 1.54) is 15.1 Å². The van der Waals surface area contributed by atoms with Crippen molar-refractivity contribution in [2.45, 2.75) is 19.4 Å². The Balaban J connectivity index is 1.92. The molecule has 0 saturated heterocycles. The number of aromatic nitrogens is 2. The van der Waals surface area contributed by atoms with E-state index in [-0.39, 0.29) is 11.9 Å². The average molecular weight is 276 g/mol. The second-order valence-corrected chi connectivity index (χ2v) is 5.79. The summed E-state index contributed by atoms with van der Waals surface area (Å²) in [5, 5.41) is 6.13. The summed E-state index contributed by atoms with van der Waals surface area (Å²) in [4.78, 5) is 15.8. The maximum Gasteiger partial charge on any atom is 0.259 e. The molecular weight excluding hydrogens is 260 g/mol. The van der Waals surface area contributed by atoms with Crippen LogP contribution in [0.3, 0.4) is 0 Å². The van der Waals surface area contributed by atoms with Gasteiger partial charge in [0.25, 0.3) is 5.91 Å². The number of anilines is 1. The first-order valence-electron chi connectivity index (χ1n) is 6.24. The van der Waals surface area contributed by atoms with Crippen LogP contribution < -0.4 is 5.73 Å². The van der Waals surface area contributed by atoms with Gasteiger partial charge in [-0.3, -0.25) is 9.48 Å². The molecule has 3 heterocycles. The van der Waals surface area contributed by atoms with E-state index in [2.05, 4.69) is 23.5 Å².